The lowest BCUT2D eigenvalue weighted by Crippen LogP contribution is -2.19. The normalized spacial score (nSPS) is 10.2. The van der Waals surface area contributed by atoms with E-state index in [4.69, 9.17) is 22.7 Å². The molecule has 2 aromatic rings. The molecule has 110 valence electrons. The van der Waals surface area contributed by atoms with Gasteiger partial charge in [0, 0.05) is 7.05 Å². The van der Waals surface area contributed by atoms with Crippen LogP contribution in [0.25, 0.3) is 0 Å². The van der Waals surface area contributed by atoms with Crippen LogP contribution in [0.2, 0.25) is 0 Å². The molecule has 1 aromatic heterocycles. The number of benzene rings is 1. The largest absolute Gasteiger partial charge is 0.507 e. The summed E-state index contributed by atoms with van der Waals surface area (Å²) in [5, 5.41) is 16.4. The average molecular weight is 306 g/mol. The van der Waals surface area contributed by atoms with E-state index in [1.807, 2.05) is 0 Å². The van der Waals surface area contributed by atoms with Gasteiger partial charge >= 0.3 is 0 Å². The number of aryl methyl sites for hydroxylation is 1. The molecule has 1 amide bonds. The topological polar surface area (TPSA) is 102 Å². The van der Waals surface area contributed by atoms with E-state index < -0.39 is 5.91 Å². The van der Waals surface area contributed by atoms with E-state index in [-0.39, 0.29) is 16.3 Å². The zero-order valence-electron chi connectivity index (χ0n) is 11.5. The first-order valence-electron chi connectivity index (χ1n) is 5.94. The maximum absolute atomic E-state index is 12.3. The fourth-order valence-electron chi connectivity index (χ4n) is 1.76. The van der Waals surface area contributed by atoms with E-state index in [1.165, 1.54) is 30.1 Å². The third kappa shape index (κ3) is 2.95. The number of ether oxygens (including phenoxy) is 1. The number of aromatic hydroxyl groups is 1. The van der Waals surface area contributed by atoms with E-state index in [2.05, 4.69) is 10.4 Å². The van der Waals surface area contributed by atoms with Crippen LogP contribution in [-0.4, -0.2) is 32.9 Å². The van der Waals surface area contributed by atoms with E-state index in [9.17, 15) is 9.90 Å². The van der Waals surface area contributed by atoms with Crippen molar-refractivity contribution in [2.45, 2.75) is 0 Å². The number of phenols is 1. The number of aromatic nitrogens is 2. The van der Waals surface area contributed by atoms with E-state index >= 15 is 0 Å². The maximum Gasteiger partial charge on any atom is 0.260 e. The van der Waals surface area contributed by atoms with Gasteiger partial charge in [-0.3, -0.25) is 9.48 Å². The van der Waals surface area contributed by atoms with Gasteiger partial charge in [0.2, 0.25) is 0 Å². The number of carbonyl (C=O) groups is 1. The Labute approximate surface area is 126 Å². The van der Waals surface area contributed by atoms with Crippen molar-refractivity contribution in [3.8, 4) is 11.5 Å². The standard InChI is InChI=1S/C13H14N4O3S/c1-17-12(9(6-15-17)11(14)21)16-13(19)8-5-7(20-2)3-4-10(8)18/h3-6,18H,1-2H3,(H2,14,21)(H,16,19). The fraction of sp³-hybridized carbons (Fsp3) is 0.154. The first-order chi connectivity index (χ1) is 9.93. The Morgan fingerprint density at radius 3 is 2.81 bits per heavy atom. The summed E-state index contributed by atoms with van der Waals surface area (Å²) < 4.78 is 6.47. The number of carbonyl (C=O) groups excluding carboxylic acids is 1. The number of hydrogen-bond acceptors (Lipinski definition) is 5. The molecular weight excluding hydrogens is 292 g/mol. The lowest BCUT2D eigenvalue weighted by atomic mass is 10.1. The van der Waals surface area contributed by atoms with Gasteiger partial charge in [-0.15, -0.1) is 0 Å². The molecule has 0 aliphatic carbocycles. The highest BCUT2D eigenvalue weighted by Crippen LogP contribution is 2.24. The first-order valence-corrected chi connectivity index (χ1v) is 6.35. The molecule has 1 aromatic carbocycles. The van der Waals surface area contributed by atoms with Gasteiger partial charge in [0.15, 0.2) is 0 Å². The summed E-state index contributed by atoms with van der Waals surface area (Å²) in [4.78, 5) is 12.4. The molecule has 1 heterocycles. The number of nitrogens with one attached hydrogen (secondary N) is 1. The summed E-state index contributed by atoms with van der Waals surface area (Å²) in [6.45, 7) is 0. The molecule has 8 heteroatoms. The first kappa shape index (κ1) is 14.8. The average Bonchev–Trinajstić information content (AvgIpc) is 2.81. The third-order valence-corrected chi connectivity index (χ3v) is 3.10. The zero-order valence-corrected chi connectivity index (χ0v) is 12.3. The van der Waals surface area contributed by atoms with Crippen molar-refractivity contribution in [1.29, 1.82) is 0 Å². The van der Waals surface area contributed by atoms with Crippen molar-refractivity contribution in [1.82, 2.24) is 9.78 Å². The van der Waals surface area contributed by atoms with E-state index in [0.717, 1.165) is 0 Å². The second-order valence-corrected chi connectivity index (χ2v) is 4.67. The van der Waals surface area contributed by atoms with Crippen molar-refractivity contribution in [3.63, 3.8) is 0 Å². The van der Waals surface area contributed by atoms with Crippen LogP contribution in [0.3, 0.4) is 0 Å². The van der Waals surface area contributed by atoms with Crippen molar-refractivity contribution < 1.29 is 14.6 Å². The summed E-state index contributed by atoms with van der Waals surface area (Å²) >= 11 is 4.90. The molecule has 0 saturated carbocycles. The van der Waals surface area contributed by atoms with Gasteiger partial charge in [-0.05, 0) is 18.2 Å². The van der Waals surface area contributed by atoms with Gasteiger partial charge in [-0.1, -0.05) is 12.2 Å². The molecule has 0 saturated heterocycles. The highest BCUT2D eigenvalue weighted by atomic mass is 32.1. The van der Waals surface area contributed by atoms with Gasteiger partial charge in [-0.25, -0.2) is 0 Å². The second-order valence-electron chi connectivity index (χ2n) is 4.23. The van der Waals surface area contributed by atoms with Crippen LogP contribution in [0.1, 0.15) is 15.9 Å². The molecule has 0 unspecified atom stereocenters. The Bertz CT molecular complexity index is 711. The van der Waals surface area contributed by atoms with Gasteiger partial charge in [-0.2, -0.15) is 5.10 Å². The Morgan fingerprint density at radius 1 is 1.48 bits per heavy atom. The zero-order chi connectivity index (χ0) is 15.6. The van der Waals surface area contributed by atoms with Gasteiger partial charge in [0.25, 0.3) is 5.91 Å². The number of methoxy groups -OCH3 is 1. The van der Waals surface area contributed by atoms with Gasteiger partial charge in [0.1, 0.15) is 22.3 Å². The Balaban J connectivity index is 2.35. The molecule has 0 aliphatic rings. The predicted octanol–water partition coefficient (Wildman–Crippen LogP) is 1.02. The molecule has 0 spiro atoms. The fourth-order valence-corrected chi connectivity index (χ4v) is 1.91. The lowest BCUT2D eigenvalue weighted by molar-refractivity contribution is 0.102. The minimum absolute atomic E-state index is 0.0736. The molecule has 0 aliphatic heterocycles. The van der Waals surface area contributed by atoms with E-state index in [0.29, 0.717) is 17.1 Å². The molecular formula is C13H14N4O3S. The molecule has 2 rings (SSSR count). The maximum atomic E-state index is 12.3. The third-order valence-electron chi connectivity index (χ3n) is 2.88. The number of nitrogens with two attached hydrogens (primary N) is 1. The van der Waals surface area contributed by atoms with Crippen molar-refractivity contribution in [2.75, 3.05) is 12.4 Å². The minimum atomic E-state index is -0.521. The minimum Gasteiger partial charge on any atom is -0.507 e. The predicted molar refractivity (Wildman–Crippen MR) is 81.7 cm³/mol. The second kappa shape index (κ2) is 5.80. The van der Waals surface area contributed by atoms with Crippen molar-refractivity contribution >= 4 is 28.9 Å². The number of hydrogen-bond donors (Lipinski definition) is 3. The SMILES string of the molecule is COc1ccc(O)c(C(=O)Nc2c(C(N)=S)cnn2C)c1. The van der Waals surface area contributed by atoms with Crippen LogP contribution in [0, 0.1) is 0 Å². The number of phenolic OH excluding ortho intramolecular Hbond substituents is 1. The summed E-state index contributed by atoms with van der Waals surface area (Å²) in [6.07, 6.45) is 1.46. The summed E-state index contributed by atoms with van der Waals surface area (Å²) in [5.74, 6) is 0.132. The molecule has 7 nitrogen and oxygen atoms in total. The van der Waals surface area contributed by atoms with E-state index in [1.54, 1.807) is 13.1 Å². The quantitative estimate of drug-likeness (QED) is 0.729. The van der Waals surface area contributed by atoms with Crippen LogP contribution < -0.4 is 15.8 Å². The highest BCUT2D eigenvalue weighted by Gasteiger charge is 2.17. The highest BCUT2D eigenvalue weighted by molar-refractivity contribution is 7.80. The van der Waals surface area contributed by atoms with Gasteiger partial charge in [0.05, 0.1) is 24.4 Å². The van der Waals surface area contributed by atoms with Crippen LogP contribution in [0.15, 0.2) is 24.4 Å². The van der Waals surface area contributed by atoms with Crippen molar-refractivity contribution in [3.05, 3.63) is 35.5 Å². The van der Waals surface area contributed by atoms with Crippen LogP contribution >= 0.6 is 12.2 Å². The summed E-state index contributed by atoms with van der Waals surface area (Å²) in [6, 6.07) is 4.36. The number of thiocarbonyl (C=S) groups is 1. The summed E-state index contributed by atoms with van der Waals surface area (Å²) in [5.41, 5.74) is 6.10. The molecule has 21 heavy (non-hydrogen) atoms. The molecule has 0 radical (unpaired) electrons. The Morgan fingerprint density at radius 2 is 2.19 bits per heavy atom. The molecule has 0 fully saturated rings. The Kier molecular flexibility index (Phi) is 4.08. The number of anilines is 1. The monoisotopic (exact) mass is 306 g/mol. The molecule has 4 N–H and O–H groups in total. The number of nitrogens with zero attached hydrogens (tertiary/aromatic N) is 2. The summed E-state index contributed by atoms with van der Waals surface area (Å²) in [7, 11) is 3.11. The number of rotatable bonds is 4. The Hall–Kier alpha value is -2.61. The van der Waals surface area contributed by atoms with Crippen LogP contribution in [-0.2, 0) is 7.05 Å². The smallest absolute Gasteiger partial charge is 0.260 e. The van der Waals surface area contributed by atoms with Crippen LogP contribution in [0.5, 0.6) is 11.5 Å². The van der Waals surface area contributed by atoms with Crippen LogP contribution in [0.4, 0.5) is 5.82 Å². The molecule has 0 bridgehead atoms. The lowest BCUT2D eigenvalue weighted by Gasteiger charge is -2.10. The molecule has 0 atom stereocenters. The number of amides is 1. The van der Waals surface area contributed by atoms with Crippen molar-refractivity contribution in [2.24, 2.45) is 12.8 Å². The van der Waals surface area contributed by atoms with Gasteiger partial charge < -0.3 is 20.9 Å².